The third kappa shape index (κ3) is 4.74. The molecule has 0 aliphatic carbocycles. The van der Waals surface area contributed by atoms with Crippen LogP contribution >= 0.6 is 0 Å². The maximum Gasteiger partial charge on any atom is 0.275 e. The van der Waals surface area contributed by atoms with Crippen molar-refractivity contribution in [1.82, 2.24) is 34.5 Å². The second kappa shape index (κ2) is 9.29. The summed E-state index contributed by atoms with van der Waals surface area (Å²) >= 11 is 0. The summed E-state index contributed by atoms with van der Waals surface area (Å²) in [7, 11) is -3.34. The number of rotatable bonds is 8. The third-order valence-corrected chi connectivity index (χ3v) is 7.23. The van der Waals surface area contributed by atoms with Crippen molar-refractivity contribution < 1.29 is 18.3 Å². The summed E-state index contributed by atoms with van der Waals surface area (Å²) in [4.78, 5) is 21.4. The number of nitrogens with zero attached hydrogens (tertiary/aromatic N) is 7. The first kappa shape index (κ1) is 22.9. The van der Waals surface area contributed by atoms with Gasteiger partial charge >= 0.3 is 0 Å². The van der Waals surface area contributed by atoms with Crippen LogP contribution in [0.15, 0.2) is 30.5 Å². The third-order valence-electron chi connectivity index (χ3n) is 5.26. The molecular weight excluding hydrogens is 448 g/mol. The van der Waals surface area contributed by atoms with Gasteiger partial charge in [0.05, 0.1) is 18.4 Å². The number of tetrazole rings is 1. The lowest BCUT2D eigenvalue weighted by Gasteiger charge is -2.14. The number of sulfonamides is 1. The van der Waals surface area contributed by atoms with E-state index in [0.717, 1.165) is 11.1 Å². The summed E-state index contributed by atoms with van der Waals surface area (Å²) in [5.74, 6) is 0.250. The molecule has 4 rings (SSSR count). The fraction of sp³-hybridized carbons (Fsp3) is 0.400. The fourth-order valence-corrected chi connectivity index (χ4v) is 4.95. The monoisotopic (exact) mass is 472 g/mol. The van der Waals surface area contributed by atoms with Crippen molar-refractivity contribution in [2.24, 2.45) is 0 Å². The molecule has 0 saturated heterocycles. The molecule has 1 aliphatic rings. The summed E-state index contributed by atoms with van der Waals surface area (Å²) in [6, 6.07) is 6.29. The van der Waals surface area contributed by atoms with Crippen LogP contribution in [0.3, 0.4) is 0 Å². The zero-order valence-corrected chi connectivity index (χ0v) is 19.0. The maximum absolute atomic E-state index is 12.8. The molecule has 0 spiro atoms. The normalized spacial score (nSPS) is 14.8. The molecular formula is C20H24N8O4S. The van der Waals surface area contributed by atoms with Gasteiger partial charge in [0.25, 0.3) is 5.91 Å². The predicted octanol–water partition coefficient (Wildman–Crippen LogP) is 0.991. The molecule has 174 valence electrons. The van der Waals surface area contributed by atoms with E-state index in [0.29, 0.717) is 17.9 Å². The Hall–Kier alpha value is -3.29. The first-order chi connectivity index (χ1) is 15.8. The molecule has 1 atom stereocenters. The van der Waals surface area contributed by atoms with Crippen molar-refractivity contribution in [3.05, 3.63) is 47.3 Å². The summed E-state index contributed by atoms with van der Waals surface area (Å²) < 4.78 is 27.6. The van der Waals surface area contributed by atoms with Crippen LogP contribution in [-0.4, -0.2) is 66.3 Å². The molecule has 1 aliphatic heterocycles. The summed E-state index contributed by atoms with van der Waals surface area (Å²) in [5.41, 5.74) is 2.14. The average Bonchev–Trinajstić information content (AvgIpc) is 3.46. The van der Waals surface area contributed by atoms with Crippen LogP contribution in [0.2, 0.25) is 0 Å². The zero-order chi connectivity index (χ0) is 23.6. The van der Waals surface area contributed by atoms with Gasteiger partial charge in [-0.1, -0.05) is 13.0 Å². The standard InChI is InChI=1S/C20H24N8O4S/c1-3-7-33(31,32)27-10-14-8-17(21-9-15(14)11-27)20(30)23-18-6-4-5-16(22-18)19-24-25-26-28(19)13(2)12-29/h4-6,8-9,13,29H,3,7,10-12H2,1-2H3,(H,22,23,30)/t13-/m1/s1. The van der Waals surface area contributed by atoms with Crippen LogP contribution in [0.4, 0.5) is 5.82 Å². The predicted molar refractivity (Wildman–Crippen MR) is 118 cm³/mol. The Labute approximate surface area is 190 Å². The largest absolute Gasteiger partial charge is 0.394 e. The molecule has 0 saturated carbocycles. The van der Waals surface area contributed by atoms with Crippen molar-refractivity contribution in [2.75, 3.05) is 17.7 Å². The maximum atomic E-state index is 12.8. The highest BCUT2D eigenvalue weighted by atomic mass is 32.2. The highest BCUT2D eigenvalue weighted by molar-refractivity contribution is 7.89. The molecule has 2 N–H and O–H groups in total. The topological polar surface area (TPSA) is 156 Å². The zero-order valence-electron chi connectivity index (χ0n) is 18.2. The minimum atomic E-state index is -3.34. The van der Waals surface area contributed by atoms with Gasteiger partial charge in [0.2, 0.25) is 15.8 Å². The smallest absolute Gasteiger partial charge is 0.275 e. The number of fused-ring (bicyclic) bond motifs is 1. The first-order valence-electron chi connectivity index (χ1n) is 10.5. The number of carbonyl (C=O) groups excluding carboxylic acids is 1. The molecule has 13 heteroatoms. The van der Waals surface area contributed by atoms with E-state index in [1.807, 2.05) is 6.92 Å². The number of pyridine rings is 2. The van der Waals surface area contributed by atoms with E-state index in [4.69, 9.17) is 0 Å². The first-order valence-corrected chi connectivity index (χ1v) is 12.1. The minimum Gasteiger partial charge on any atom is -0.394 e. The Morgan fingerprint density at radius 3 is 2.82 bits per heavy atom. The van der Waals surface area contributed by atoms with Gasteiger partial charge in [-0.25, -0.2) is 18.1 Å². The van der Waals surface area contributed by atoms with Crippen LogP contribution in [0, 0.1) is 0 Å². The Morgan fingerprint density at radius 1 is 1.27 bits per heavy atom. The Bertz CT molecular complexity index is 1280. The summed E-state index contributed by atoms with van der Waals surface area (Å²) in [6.07, 6.45) is 2.08. The molecule has 0 radical (unpaired) electrons. The quantitative estimate of drug-likeness (QED) is 0.488. The number of carbonyl (C=O) groups is 1. The molecule has 1 amide bonds. The number of nitrogens with one attached hydrogen (secondary N) is 1. The van der Waals surface area contributed by atoms with Gasteiger partial charge in [-0.15, -0.1) is 5.10 Å². The van der Waals surface area contributed by atoms with Crippen molar-refractivity contribution >= 4 is 21.7 Å². The number of aliphatic hydroxyl groups is 1. The van der Waals surface area contributed by atoms with E-state index in [1.54, 1.807) is 37.4 Å². The van der Waals surface area contributed by atoms with E-state index in [-0.39, 0.29) is 43.0 Å². The second-order valence-electron chi connectivity index (χ2n) is 7.76. The SMILES string of the molecule is CCCS(=O)(=O)N1Cc2cnc(C(=O)Nc3cccc(-c4nnnn4[C@H](C)CO)n3)cc2C1. The number of hydrogen-bond donors (Lipinski definition) is 2. The number of anilines is 1. The van der Waals surface area contributed by atoms with Crippen LogP contribution < -0.4 is 5.32 Å². The van der Waals surface area contributed by atoms with E-state index < -0.39 is 15.9 Å². The molecule has 12 nitrogen and oxygen atoms in total. The molecule has 0 fully saturated rings. The van der Waals surface area contributed by atoms with E-state index >= 15 is 0 Å². The van der Waals surface area contributed by atoms with E-state index in [9.17, 15) is 18.3 Å². The van der Waals surface area contributed by atoms with Gasteiger partial charge in [-0.3, -0.25) is 9.78 Å². The van der Waals surface area contributed by atoms with Crippen molar-refractivity contribution in [2.45, 2.75) is 39.4 Å². The van der Waals surface area contributed by atoms with Crippen molar-refractivity contribution in [3.63, 3.8) is 0 Å². The summed E-state index contributed by atoms with van der Waals surface area (Å²) in [6.45, 7) is 3.92. The lowest BCUT2D eigenvalue weighted by molar-refractivity contribution is 0.102. The highest BCUT2D eigenvalue weighted by Gasteiger charge is 2.29. The summed E-state index contributed by atoms with van der Waals surface area (Å²) in [5, 5.41) is 23.6. The molecule has 4 heterocycles. The second-order valence-corrected chi connectivity index (χ2v) is 9.85. The van der Waals surface area contributed by atoms with Gasteiger partial charge < -0.3 is 10.4 Å². The molecule has 0 aromatic carbocycles. The van der Waals surface area contributed by atoms with Gasteiger partial charge in [-0.05, 0) is 53.1 Å². The minimum absolute atomic E-state index is 0.0874. The van der Waals surface area contributed by atoms with Crippen LogP contribution in [0.1, 0.15) is 47.9 Å². The molecule has 0 unspecified atom stereocenters. The number of aliphatic hydroxyl groups excluding tert-OH is 1. The van der Waals surface area contributed by atoms with Gasteiger partial charge in [0, 0.05) is 19.3 Å². The lowest BCUT2D eigenvalue weighted by Crippen LogP contribution is -2.27. The van der Waals surface area contributed by atoms with Crippen LogP contribution in [-0.2, 0) is 23.1 Å². The van der Waals surface area contributed by atoms with Gasteiger partial charge in [-0.2, -0.15) is 4.31 Å². The van der Waals surface area contributed by atoms with E-state index in [2.05, 4.69) is 30.8 Å². The Balaban J connectivity index is 1.51. The van der Waals surface area contributed by atoms with E-state index in [1.165, 1.54) is 8.99 Å². The molecule has 0 bridgehead atoms. The molecule has 3 aromatic heterocycles. The van der Waals surface area contributed by atoms with Gasteiger partial charge in [0.15, 0.2) is 0 Å². The Morgan fingerprint density at radius 2 is 2.06 bits per heavy atom. The van der Waals surface area contributed by atoms with Crippen molar-refractivity contribution in [3.8, 4) is 11.5 Å². The average molecular weight is 473 g/mol. The lowest BCUT2D eigenvalue weighted by atomic mass is 10.1. The fourth-order valence-electron chi connectivity index (χ4n) is 3.50. The van der Waals surface area contributed by atoms with Crippen LogP contribution in [0.25, 0.3) is 11.5 Å². The Kier molecular flexibility index (Phi) is 6.44. The number of aromatic nitrogens is 6. The number of hydrogen-bond acceptors (Lipinski definition) is 9. The highest BCUT2D eigenvalue weighted by Crippen LogP contribution is 2.26. The molecule has 33 heavy (non-hydrogen) atoms. The number of amides is 1. The van der Waals surface area contributed by atoms with Crippen molar-refractivity contribution in [1.29, 1.82) is 0 Å². The van der Waals surface area contributed by atoms with Crippen LogP contribution in [0.5, 0.6) is 0 Å². The molecule has 3 aromatic rings. The van der Waals surface area contributed by atoms with Gasteiger partial charge in [0.1, 0.15) is 17.2 Å².